The largest absolute Gasteiger partial charge is 0.465 e. The smallest absolute Gasteiger partial charge is 0.341 e. The molecule has 0 saturated carbocycles. The maximum absolute atomic E-state index is 13.1. The fourth-order valence-corrected chi connectivity index (χ4v) is 7.13. The normalized spacial score (nSPS) is 19.5. The number of methoxy groups -OCH3 is 1. The molecule has 2 heterocycles. The fraction of sp³-hybridized carbons (Fsp3) is 0.455. The van der Waals surface area contributed by atoms with Crippen LogP contribution in [-0.4, -0.2) is 44.8 Å². The standard InChI is InChI=1S/C22H26N2O5S2/c1-29-22(26)19-17-11-5-6-12-18(17)30-21(19)23-20(25)15-8-7-13-24(14-15)31(27,28)16-9-3-2-4-10-16/h2-4,9-10,15H,5-8,11-14H2,1H3,(H,23,25). The number of hydrogen-bond donors (Lipinski definition) is 1. The molecule has 1 unspecified atom stereocenters. The van der Waals surface area contributed by atoms with E-state index in [0.29, 0.717) is 30.0 Å². The highest BCUT2D eigenvalue weighted by Crippen LogP contribution is 2.39. The van der Waals surface area contributed by atoms with Gasteiger partial charge in [-0.1, -0.05) is 18.2 Å². The molecule has 4 rings (SSSR count). The molecule has 1 aromatic heterocycles. The molecule has 1 fully saturated rings. The van der Waals surface area contributed by atoms with Gasteiger partial charge in [0, 0.05) is 18.0 Å². The molecule has 0 radical (unpaired) electrons. The van der Waals surface area contributed by atoms with E-state index >= 15 is 0 Å². The summed E-state index contributed by atoms with van der Waals surface area (Å²) < 4.78 is 32.3. The van der Waals surface area contributed by atoms with Gasteiger partial charge in [-0.05, 0) is 56.2 Å². The van der Waals surface area contributed by atoms with Crippen LogP contribution in [0.2, 0.25) is 0 Å². The molecule has 1 aromatic carbocycles. The number of ether oxygens (including phenoxy) is 1. The molecule has 2 aliphatic rings. The van der Waals surface area contributed by atoms with Crippen molar-refractivity contribution in [2.75, 3.05) is 25.5 Å². The predicted octanol–water partition coefficient (Wildman–Crippen LogP) is 3.45. The van der Waals surface area contributed by atoms with Crippen molar-refractivity contribution in [1.82, 2.24) is 4.31 Å². The second-order valence-electron chi connectivity index (χ2n) is 7.91. The number of esters is 1. The second kappa shape index (κ2) is 9.10. The van der Waals surface area contributed by atoms with Crippen LogP contribution in [0.25, 0.3) is 0 Å². The van der Waals surface area contributed by atoms with Gasteiger partial charge in [0.25, 0.3) is 0 Å². The van der Waals surface area contributed by atoms with Crippen LogP contribution in [-0.2, 0) is 32.4 Å². The van der Waals surface area contributed by atoms with Gasteiger partial charge in [0.2, 0.25) is 15.9 Å². The number of nitrogens with one attached hydrogen (secondary N) is 1. The van der Waals surface area contributed by atoms with E-state index in [1.54, 1.807) is 30.3 Å². The number of fused-ring (bicyclic) bond motifs is 1. The van der Waals surface area contributed by atoms with E-state index in [2.05, 4.69) is 5.32 Å². The van der Waals surface area contributed by atoms with Gasteiger partial charge in [-0.15, -0.1) is 11.3 Å². The summed E-state index contributed by atoms with van der Waals surface area (Å²) >= 11 is 1.44. The minimum Gasteiger partial charge on any atom is -0.465 e. The Morgan fingerprint density at radius 1 is 1.13 bits per heavy atom. The van der Waals surface area contributed by atoms with Crippen LogP contribution in [0, 0.1) is 5.92 Å². The quantitative estimate of drug-likeness (QED) is 0.687. The van der Waals surface area contributed by atoms with Gasteiger partial charge < -0.3 is 10.1 Å². The summed E-state index contributed by atoms with van der Waals surface area (Å²) in [5.41, 5.74) is 1.44. The monoisotopic (exact) mass is 462 g/mol. The fourth-order valence-electron chi connectivity index (χ4n) is 4.30. The van der Waals surface area contributed by atoms with E-state index in [4.69, 9.17) is 4.74 Å². The Morgan fingerprint density at radius 3 is 2.61 bits per heavy atom. The second-order valence-corrected chi connectivity index (χ2v) is 11.0. The van der Waals surface area contributed by atoms with E-state index in [-0.39, 0.29) is 17.3 Å². The molecule has 166 valence electrons. The van der Waals surface area contributed by atoms with Crippen LogP contribution in [0.5, 0.6) is 0 Å². The minimum atomic E-state index is -3.65. The number of thiophene rings is 1. The summed E-state index contributed by atoms with van der Waals surface area (Å²) in [6.07, 6.45) is 4.98. The van der Waals surface area contributed by atoms with Crippen LogP contribution < -0.4 is 5.32 Å². The molecule has 0 bridgehead atoms. The Labute approximate surface area is 186 Å². The van der Waals surface area contributed by atoms with E-state index in [9.17, 15) is 18.0 Å². The first-order valence-electron chi connectivity index (χ1n) is 10.5. The van der Waals surface area contributed by atoms with Crippen LogP contribution >= 0.6 is 11.3 Å². The molecule has 1 N–H and O–H groups in total. The number of sulfonamides is 1. The van der Waals surface area contributed by atoms with Crippen molar-refractivity contribution in [3.05, 3.63) is 46.3 Å². The molecule has 1 amide bonds. The molecule has 7 nitrogen and oxygen atoms in total. The van der Waals surface area contributed by atoms with E-state index < -0.39 is 21.9 Å². The molecule has 0 spiro atoms. The average Bonchev–Trinajstić information content (AvgIpc) is 3.17. The minimum absolute atomic E-state index is 0.127. The number of rotatable bonds is 5. The Hall–Kier alpha value is -2.23. The highest BCUT2D eigenvalue weighted by atomic mass is 32.2. The maximum Gasteiger partial charge on any atom is 0.341 e. The number of carbonyl (C=O) groups excluding carboxylic acids is 2. The van der Waals surface area contributed by atoms with Crippen molar-refractivity contribution in [2.45, 2.75) is 43.4 Å². The molecule has 1 aliphatic carbocycles. The lowest BCUT2D eigenvalue weighted by Crippen LogP contribution is -2.43. The Morgan fingerprint density at radius 2 is 1.87 bits per heavy atom. The molecule has 9 heteroatoms. The number of amides is 1. The average molecular weight is 463 g/mol. The molecule has 1 atom stereocenters. The van der Waals surface area contributed by atoms with Crippen LogP contribution in [0.4, 0.5) is 5.00 Å². The van der Waals surface area contributed by atoms with Gasteiger partial charge in [0.15, 0.2) is 0 Å². The highest BCUT2D eigenvalue weighted by Gasteiger charge is 2.34. The lowest BCUT2D eigenvalue weighted by atomic mass is 9.95. The van der Waals surface area contributed by atoms with Crippen molar-refractivity contribution in [3.63, 3.8) is 0 Å². The molecular formula is C22H26N2O5S2. The van der Waals surface area contributed by atoms with Crippen molar-refractivity contribution >= 4 is 38.2 Å². The molecular weight excluding hydrogens is 436 g/mol. The van der Waals surface area contributed by atoms with Gasteiger partial charge in [-0.3, -0.25) is 4.79 Å². The Kier molecular flexibility index (Phi) is 6.45. The Bertz CT molecular complexity index is 1080. The topological polar surface area (TPSA) is 92.8 Å². The molecule has 1 saturated heterocycles. The van der Waals surface area contributed by atoms with Crippen molar-refractivity contribution in [3.8, 4) is 0 Å². The highest BCUT2D eigenvalue weighted by molar-refractivity contribution is 7.89. The van der Waals surface area contributed by atoms with Crippen molar-refractivity contribution in [1.29, 1.82) is 0 Å². The number of benzene rings is 1. The first kappa shape index (κ1) is 22.0. The third kappa shape index (κ3) is 4.40. The number of piperidine rings is 1. The van der Waals surface area contributed by atoms with E-state index in [0.717, 1.165) is 36.1 Å². The summed E-state index contributed by atoms with van der Waals surface area (Å²) in [6, 6.07) is 8.28. The number of carbonyl (C=O) groups is 2. The number of hydrogen-bond acceptors (Lipinski definition) is 6. The number of anilines is 1. The van der Waals surface area contributed by atoms with Crippen LogP contribution in [0.3, 0.4) is 0 Å². The third-order valence-corrected chi connectivity index (χ3v) is 9.02. The SMILES string of the molecule is COC(=O)c1c(NC(=O)C2CCCN(S(=O)(=O)c3ccccc3)C2)sc2c1CCCC2. The summed E-state index contributed by atoms with van der Waals surface area (Å²) in [4.78, 5) is 26.8. The maximum atomic E-state index is 13.1. The first-order valence-corrected chi connectivity index (χ1v) is 12.8. The summed E-state index contributed by atoms with van der Waals surface area (Å²) in [5, 5.41) is 3.44. The molecule has 1 aliphatic heterocycles. The van der Waals surface area contributed by atoms with Gasteiger partial charge in [0.1, 0.15) is 5.00 Å². The third-order valence-electron chi connectivity index (χ3n) is 5.93. The Balaban J connectivity index is 1.53. The zero-order valence-corrected chi connectivity index (χ0v) is 19.1. The van der Waals surface area contributed by atoms with Crippen molar-refractivity contribution in [2.24, 2.45) is 5.92 Å². The number of aryl methyl sites for hydroxylation is 1. The lowest BCUT2D eigenvalue weighted by molar-refractivity contribution is -0.120. The summed E-state index contributed by atoms with van der Waals surface area (Å²) in [7, 11) is -2.31. The first-order chi connectivity index (χ1) is 14.9. The van der Waals surface area contributed by atoms with Gasteiger partial charge in [-0.2, -0.15) is 4.31 Å². The van der Waals surface area contributed by atoms with Gasteiger partial charge in [-0.25, -0.2) is 13.2 Å². The summed E-state index contributed by atoms with van der Waals surface area (Å²) in [6.45, 7) is 0.517. The number of nitrogens with zero attached hydrogens (tertiary/aromatic N) is 1. The van der Waals surface area contributed by atoms with E-state index in [1.165, 1.54) is 22.8 Å². The van der Waals surface area contributed by atoms with Gasteiger partial charge >= 0.3 is 5.97 Å². The van der Waals surface area contributed by atoms with Crippen LogP contribution in [0.1, 0.15) is 46.5 Å². The molecule has 31 heavy (non-hydrogen) atoms. The summed E-state index contributed by atoms with van der Waals surface area (Å²) in [5.74, 6) is -1.17. The van der Waals surface area contributed by atoms with E-state index in [1.807, 2.05) is 0 Å². The zero-order chi connectivity index (χ0) is 22.0. The zero-order valence-electron chi connectivity index (χ0n) is 17.4. The lowest BCUT2D eigenvalue weighted by Gasteiger charge is -2.31. The predicted molar refractivity (Wildman–Crippen MR) is 119 cm³/mol. The van der Waals surface area contributed by atoms with Crippen molar-refractivity contribution < 1.29 is 22.7 Å². The van der Waals surface area contributed by atoms with Crippen LogP contribution in [0.15, 0.2) is 35.2 Å². The van der Waals surface area contributed by atoms with Gasteiger partial charge in [0.05, 0.1) is 23.5 Å². The molecule has 2 aromatic rings.